The molecule has 0 unspecified atom stereocenters. The summed E-state index contributed by atoms with van der Waals surface area (Å²) in [5, 5.41) is 0. The second kappa shape index (κ2) is 21.3. The molecule has 0 aliphatic rings. The van der Waals surface area contributed by atoms with Crippen molar-refractivity contribution in [2.75, 3.05) is 20.8 Å². The lowest BCUT2D eigenvalue weighted by atomic mass is 9.89. The topological polar surface area (TPSA) is 86.2 Å². The van der Waals surface area contributed by atoms with Crippen LogP contribution in [0.4, 0.5) is 0 Å². The summed E-state index contributed by atoms with van der Waals surface area (Å²) in [5.74, 6) is 0. The predicted molar refractivity (Wildman–Crippen MR) is 123 cm³/mol. The molecule has 0 atom stereocenters. The third-order valence-electron chi connectivity index (χ3n) is 5.12. The molecule has 0 heterocycles. The summed E-state index contributed by atoms with van der Waals surface area (Å²) in [6.45, 7) is 8.19. The monoisotopic (exact) mass is 437 g/mol. The lowest BCUT2D eigenvalue weighted by Gasteiger charge is -2.17. The second-order valence-corrected chi connectivity index (χ2v) is 10.9. The van der Waals surface area contributed by atoms with E-state index >= 15 is 0 Å². The molecule has 0 aromatic heterocycles. The number of hydrogen-bond acceptors (Lipinski definition) is 4. The number of rotatable bonds is 18. The SMILES string of the molecule is CC(C)(C)CCCCCCCCCCCCCCCCC[NH3+].COP(=O)([O-])OC. The third kappa shape index (κ3) is 30.4. The van der Waals surface area contributed by atoms with Gasteiger partial charge in [-0.05, 0) is 24.7 Å². The first-order chi connectivity index (χ1) is 13.7. The van der Waals surface area contributed by atoms with Gasteiger partial charge in [-0.2, -0.15) is 0 Å². The Morgan fingerprint density at radius 3 is 1.14 bits per heavy atom. The maximum atomic E-state index is 9.95. The normalized spacial score (nSPS) is 12.0. The van der Waals surface area contributed by atoms with Gasteiger partial charge in [0.2, 0.25) is 0 Å². The van der Waals surface area contributed by atoms with Gasteiger partial charge in [0.1, 0.15) is 0 Å². The van der Waals surface area contributed by atoms with E-state index in [0.29, 0.717) is 5.41 Å². The minimum atomic E-state index is -3.90. The van der Waals surface area contributed by atoms with Crippen LogP contribution in [0.1, 0.15) is 124 Å². The van der Waals surface area contributed by atoms with Gasteiger partial charge >= 0.3 is 0 Å². The average molecular weight is 438 g/mol. The van der Waals surface area contributed by atoms with Gasteiger partial charge in [-0.1, -0.05) is 104 Å². The first kappa shape index (κ1) is 31.3. The average Bonchev–Trinajstić information content (AvgIpc) is 2.67. The molecule has 0 saturated heterocycles. The van der Waals surface area contributed by atoms with Crippen LogP contribution in [-0.2, 0) is 13.6 Å². The molecule has 6 heteroatoms. The maximum Gasteiger partial charge on any atom is 0.267 e. The molecule has 178 valence electrons. The van der Waals surface area contributed by atoms with Crippen molar-refractivity contribution < 1.29 is 24.2 Å². The van der Waals surface area contributed by atoms with Gasteiger partial charge in [0, 0.05) is 14.2 Å². The quantitative estimate of drug-likeness (QED) is 0.202. The Labute approximate surface area is 182 Å². The van der Waals surface area contributed by atoms with Gasteiger partial charge in [-0.25, -0.2) is 0 Å². The van der Waals surface area contributed by atoms with Crippen LogP contribution in [0.2, 0.25) is 0 Å². The van der Waals surface area contributed by atoms with Crippen LogP contribution in [0.25, 0.3) is 0 Å². The molecule has 0 radical (unpaired) electrons. The van der Waals surface area contributed by atoms with Gasteiger partial charge in [0.05, 0.1) is 6.54 Å². The van der Waals surface area contributed by atoms with Gasteiger partial charge in [0.15, 0.2) is 0 Å². The number of unbranched alkanes of at least 4 members (excludes halogenated alkanes) is 14. The van der Waals surface area contributed by atoms with Crippen molar-refractivity contribution in [1.82, 2.24) is 0 Å². The maximum absolute atomic E-state index is 9.95. The zero-order valence-corrected chi connectivity index (χ0v) is 21.2. The smallest absolute Gasteiger partial charge is 0.267 e. The van der Waals surface area contributed by atoms with Crippen LogP contribution < -0.4 is 10.6 Å². The lowest BCUT2D eigenvalue weighted by Crippen LogP contribution is -2.50. The Kier molecular flexibility index (Phi) is 23.0. The van der Waals surface area contributed by atoms with E-state index in [1.807, 2.05) is 0 Å². The minimum Gasteiger partial charge on any atom is -0.756 e. The Hall–Kier alpha value is 0.0700. The van der Waals surface area contributed by atoms with Crippen LogP contribution in [0.3, 0.4) is 0 Å². The van der Waals surface area contributed by atoms with Crippen LogP contribution in [0.5, 0.6) is 0 Å². The molecule has 0 spiro atoms. The highest BCUT2D eigenvalue weighted by atomic mass is 31.2. The van der Waals surface area contributed by atoms with E-state index in [0.717, 1.165) is 20.8 Å². The Balaban J connectivity index is 0. The molecule has 0 fully saturated rings. The number of quaternary nitrogens is 1. The summed E-state index contributed by atoms with van der Waals surface area (Å²) in [6, 6.07) is 0. The minimum absolute atomic E-state index is 0.535. The number of hydrogen-bond donors (Lipinski definition) is 1. The van der Waals surface area contributed by atoms with Crippen LogP contribution in [-0.4, -0.2) is 20.8 Å². The zero-order valence-electron chi connectivity index (χ0n) is 20.3. The number of phosphoric ester groups is 1. The fourth-order valence-corrected chi connectivity index (χ4v) is 3.35. The van der Waals surface area contributed by atoms with E-state index in [1.165, 1.54) is 103 Å². The van der Waals surface area contributed by atoms with Crippen molar-refractivity contribution in [1.29, 1.82) is 0 Å². The van der Waals surface area contributed by atoms with Gasteiger partial charge in [-0.3, -0.25) is 4.57 Å². The highest BCUT2D eigenvalue weighted by Gasteiger charge is 2.08. The molecule has 29 heavy (non-hydrogen) atoms. The first-order valence-electron chi connectivity index (χ1n) is 11.9. The molecule has 0 bridgehead atoms. The summed E-state index contributed by atoms with van der Waals surface area (Å²) in [4.78, 5) is 9.95. The van der Waals surface area contributed by atoms with Crippen molar-refractivity contribution >= 4 is 7.82 Å². The van der Waals surface area contributed by atoms with Crippen molar-refractivity contribution in [3.63, 3.8) is 0 Å². The zero-order chi connectivity index (χ0) is 22.4. The van der Waals surface area contributed by atoms with E-state index in [9.17, 15) is 9.46 Å². The molecular formula is C23H52NO4P. The van der Waals surface area contributed by atoms with Crippen LogP contribution in [0, 0.1) is 5.41 Å². The predicted octanol–water partition coefficient (Wildman–Crippen LogP) is 6.26. The Bertz CT molecular complexity index is 364. The van der Waals surface area contributed by atoms with E-state index in [4.69, 9.17) is 0 Å². The highest BCUT2D eigenvalue weighted by molar-refractivity contribution is 7.45. The summed E-state index contributed by atoms with van der Waals surface area (Å²) < 4.78 is 17.7. The van der Waals surface area contributed by atoms with Crippen molar-refractivity contribution in [3.8, 4) is 0 Å². The standard InChI is InChI=1S/C21H45N.C2H7O4P/c1-21(2,3)19-17-15-13-11-9-7-5-4-6-8-10-12-14-16-18-20-22;1-5-7(3,4)6-2/h4-20,22H2,1-3H3;1-2H3,(H,3,4). The molecule has 0 aliphatic heterocycles. The summed E-state index contributed by atoms with van der Waals surface area (Å²) >= 11 is 0. The fraction of sp³-hybridized carbons (Fsp3) is 1.00. The fourth-order valence-electron chi connectivity index (χ4n) is 3.20. The largest absolute Gasteiger partial charge is 0.756 e. The summed E-state index contributed by atoms with van der Waals surface area (Å²) in [6.07, 6.45) is 23.1. The van der Waals surface area contributed by atoms with E-state index < -0.39 is 7.82 Å². The van der Waals surface area contributed by atoms with Gasteiger partial charge < -0.3 is 19.7 Å². The Morgan fingerprint density at radius 2 is 0.931 bits per heavy atom. The molecule has 0 amide bonds. The summed E-state index contributed by atoms with van der Waals surface area (Å²) in [7, 11) is -1.83. The van der Waals surface area contributed by atoms with Crippen molar-refractivity contribution in [3.05, 3.63) is 0 Å². The third-order valence-corrected chi connectivity index (χ3v) is 6.02. The molecule has 0 rings (SSSR count). The molecule has 3 N–H and O–H groups in total. The molecule has 0 saturated carbocycles. The van der Waals surface area contributed by atoms with Crippen LogP contribution in [0.15, 0.2) is 0 Å². The van der Waals surface area contributed by atoms with Gasteiger partial charge in [0.25, 0.3) is 7.82 Å². The summed E-state index contributed by atoms with van der Waals surface area (Å²) in [5.41, 5.74) is 4.43. The molecule has 5 nitrogen and oxygen atoms in total. The number of phosphoric acid groups is 1. The van der Waals surface area contributed by atoms with Crippen molar-refractivity contribution in [2.45, 2.75) is 124 Å². The van der Waals surface area contributed by atoms with E-state index in [2.05, 4.69) is 35.6 Å². The highest BCUT2D eigenvalue weighted by Crippen LogP contribution is 2.34. The molecule has 0 aromatic rings. The van der Waals surface area contributed by atoms with E-state index in [1.54, 1.807) is 0 Å². The molecule has 0 aliphatic carbocycles. The van der Waals surface area contributed by atoms with Crippen molar-refractivity contribution in [2.24, 2.45) is 5.41 Å². The van der Waals surface area contributed by atoms with Crippen LogP contribution >= 0.6 is 7.82 Å². The van der Waals surface area contributed by atoms with E-state index in [-0.39, 0.29) is 0 Å². The molecular weight excluding hydrogens is 385 g/mol. The first-order valence-corrected chi connectivity index (χ1v) is 13.4. The molecule has 0 aromatic carbocycles. The Morgan fingerprint density at radius 1 is 0.655 bits per heavy atom. The van der Waals surface area contributed by atoms with Gasteiger partial charge in [-0.15, -0.1) is 0 Å². The second-order valence-electron chi connectivity index (χ2n) is 9.28. The lowest BCUT2D eigenvalue weighted by molar-refractivity contribution is -0.368.